The molecule has 1 fully saturated rings. The first-order valence-electron chi connectivity index (χ1n) is 6.59. The Labute approximate surface area is 112 Å². The SMILES string of the molecule is CN(C1CCC1)C(CN)c1ccccc1OC(F)F. The van der Waals surface area contributed by atoms with Gasteiger partial charge in [-0.3, -0.25) is 4.90 Å². The minimum Gasteiger partial charge on any atom is -0.434 e. The Kier molecular flexibility index (Phi) is 4.71. The number of nitrogens with two attached hydrogens (primary N) is 1. The number of likely N-dealkylation sites (N-methyl/N-ethyl adjacent to an activating group) is 1. The lowest BCUT2D eigenvalue weighted by Crippen LogP contribution is -2.42. The summed E-state index contributed by atoms with van der Waals surface area (Å²) in [5.41, 5.74) is 6.57. The highest BCUT2D eigenvalue weighted by Crippen LogP contribution is 2.34. The van der Waals surface area contributed by atoms with Crippen molar-refractivity contribution in [1.29, 1.82) is 0 Å². The second-order valence-electron chi connectivity index (χ2n) is 4.92. The fraction of sp³-hybridized carbons (Fsp3) is 0.571. The lowest BCUT2D eigenvalue weighted by atomic mass is 9.89. The topological polar surface area (TPSA) is 38.5 Å². The van der Waals surface area contributed by atoms with Crippen LogP contribution < -0.4 is 10.5 Å². The second kappa shape index (κ2) is 6.30. The largest absolute Gasteiger partial charge is 0.434 e. The highest BCUT2D eigenvalue weighted by atomic mass is 19.3. The Morgan fingerprint density at radius 3 is 2.58 bits per heavy atom. The van der Waals surface area contributed by atoms with E-state index in [-0.39, 0.29) is 11.8 Å². The molecule has 2 rings (SSSR count). The molecule has 1 saturated carbocycles. The maximum Gasteiger partial charge on any atom is 0.387 e. The van der Waals surface area contributed by atoms with Crippen molar-refractivity contribution in [2.45, 2.75) is 38.0 Å². The summed E-state index contributed by atoms with van der Waals surface area (Å²) in [6.45, 7) is -2.43. The maximum atomic E-state index is 12.4. The molecule has 0 aromatic heterocycles. The van der Waals surface area contributed by atoms with E-state index < -0.39 is 6.61 Å². The van der Waals surface area contributed by atoms with E-state index in [4.69, 9.17) is 5.73 Å². The predicted octanol–water partition coefficient (Wildman–Crippen LogP) is 2.77. The van der Waals surface area contributed by atoms with Crippen LogP contribution in [0.4, 0.5) is 8.78 Å². The van der Waals surface area contributed by atoms with Crippen molar-refractivity contribution in [3.8, 4) is 5.75 Å². The van der Waals surface area contributed by atoms with Gasteiger partial charge in [-0.05, 0) is 26.0 Å². The molecule has 0 spiro atoms. The summed E-state index contributed by atoms with van der Waals surface area (Å²) in [4.78, 5) is 2.18. The Bertz CT molecular complexity index is 410. The van der Waals surface area contributed by atoms with Crippen LogP contribution in [-0.4, -0.2) is 31.1 Å². The van der Waals surface area contributed by atoms with Crippen LogP contribution in [0.25, 0.3) is 0 Å². The fourth-order valence-corrected chi connectivity index (χ4v) is 2.52. The van der Waals surface area contributed by atoms with Crippen LogP contribution in [0.1, 0.15) is 30.9 Å². The van der Waals surface area contributed by atoms with Gasteiger partial charge in [0.1, 0.15) is 5.75 Å². The van der Waals surface area contributed by atoms with Crippen LogP contribution in [0, 0.1) is 0 Å². The van der Waals surface area contributed by atoms with Gasteiger partial charge in [-0.15, -0.1) is 0 Å². The third-order valence-corrected chi connectivity index (χ3v) is 3.86. The first kappa shape index (κ1) is 14.2. The lowest BCUT2D eigenvalue weighted by molar-refractivity contribution is -0.0513. The zero-order chi connectivity index (χ0) is 13.8. The molecule has 5 heteroatoms. The van der Waals surface area contributed by atoms with Crippen LogP contribution in [-0.2, 0) is 0 Å². The van der Waals surface area contributed by atoms with Crippen LogP contribution in [0.15, 0.2) is 24.3 Å². The molecule has 0 radical (unpaired) electrons. The fourth-order valence-electron chi connectivity index (χ4n) is 2.52. The minimum absolute atomic E-state index is 0.0831. The highest BCUT2D eigenvalue weighted by Gasteiger charge is 2.29. The predicted molar refractivity (Wildman–Crippen MR) is 70.3 cm³/mol. The van der Waals surface area contributed by atoms with Gasteiger partial charge in [-0.2, -0.15) is 8.78 Å². The molecule has 0 bridgehead atoms. The average Bonchev–Trinajstić information content (AvgIpc) is 2.29. The number of para-hydroxylation sites is 1. The molecule has 19 heavy (non-hydrogen) atoms. The van der Waals surface area contributed by atoms with Crippen molar-refractivity contribution in [2.75, 3.05) is 13.6 Å². The van der Waals surface area contributed by atoms with Crippen molar-refractivity contribution in [2.24, 2.45) is 5.73 Å². The number of benzene rings is 1. The lowest BCUT2D eigenvalue weighted by Gasteiger charge is -2.40. The normalized spacial score (nSPS) is 17.6. The van der Waals surface area contributed by atoms with Crippen LogP contribution in [0.3, 0.4) is 0 Å². The summed E-state index contributed by atoms with van der Waals surface area (Å²) in [7, 11) is 2.00. The molecule has 3 nitrogen and oxygen atoms in total. The van der Waals surface area contributed by atoms with Crippen molar-refractivity contribution in [3.63, 3.8) is 0 Å². The molecule has 1 unspecified atom stereocenters. The molecule has 0 heterocycles. The molecular weight excluding hydrogens is 250 g/mol. The number of halogens is 2. The average molecular weight is 270 g/mol. The smallest absolute Gasteiger partial charge is 0.387 e. The number of hydrogen-bond donors (Lipinski definition) is 1. The minimum atomic E-state index is -2.81. The van der Waals surface area contributed by atoms with Gasteiger partial charge in [0.25, 0.3) is 0 Å². The molecule has 0 aliphatic heterocycles. The standard InChI is InChI=1S/C14H20F2N2O/c1-18(10-5-4-6-10)12(9-17)11-7-2-3-8-13(11)19-14(15)16/h2-3,7-8,10,12,14H,4-6,9,17H2,1H3. The summed E-state index contributed by atoms with van der Waals surface area (Å²) in [5.74, 6) is 0.221. The Morgan fingerprint density at radius 1 is 1.37 bits per heavy atom. The molecule has 1 atom stereocenters. The van der Waals surface area contributed by atoms with Gasteiger partial charge in [-0.25, -0.2) is 0 Å². The summed E-state index contributed by atoms with van der Waals surface area (Å²) < 4.78 is 29.5. The first-order valence-corrected chi connectivity index (χ1v) is 6.59. The number of rotatable bonds is 6. The number of hydrogen-bond acceptors (Lipinski definition) is 3. The van der Waals surface area contributed by atoms with Gasteiger partial charge in [0.15, 0.2) is 0 Å². The molecule has 0 saturated heterocycles. The molecular formula is C14H20F2N2O. The van der Waals surface area contributed by atoms with Gasteiger partial charge in [0.05, 0.1) is 6.04 Å². The van der Waals surface area contributed by atoms with E-state index in [9.17, 15) is 8.78 Å². The molecule has 106 valence electrons. The van der Waals surface area contributed by atoms with Gasteiger partial charge >= 0.3 is 6.61 Å². The zero-order valence-electron chi connectivity index (χ0n) is 11.1. The quantitative estimate of drug-likeness (QED) is 0.864. The van der Waals surface area contributed by atoms with Crippen molar-refractivity contribution in [3.05, 3.63) is 29.8 Å². The maximum absolute atomic E-state index is 12.4. The van der Waals surface area contributed by atoms with Crippen molar-refractivity contribution >= 4 is 0 Å². The van der Waals surface area contributed by atoms with Gasteiger partial charge in [0.2, 0.25) is 0 Å². The molecule has 1 aromatic carbocycles. The number of nitrogens with zero attached hydrogens (tertiary/aromatic N) is 1. The third-order valence-electron chi connectivity index (χ3n) is 3.86. The van der Waals surface area contributed by atoms with E-state index in [2.05, 4.69) is 9.64 Å². The summed E-state index contributed by atoms with van der Waals surface area (Å²) >= 11 is 0. The molecule has 1 aliphatic rings. The molecule has 0 amide bonds. The summed E-state index contributed by atoms with van der Waals surface area (Å²) in [5, 5.41) is 0. The van der Waals surface area contributed by atoms with E-state index in [0.717, 1.165) is 18.4 Å². The van der Waals surface area contributed by atoms with Crippen molar-refractivity contribution < 1.29 is 13.5 Å². The van der Waals surface area contributed by atoms with Crippen LogP contribution >= 0.6 is 0 Å². The second-order valence-corrected chi connectivity index (χ2v) is 4.92. The van der Waals surface area contributed by atoms with E-state index in [1.54, 1.807) is 12.1 Å². The van der Waals surface area contributed by atoms with E-state index in [0.29, 0.717) is 12.6 Å². The molecule has 1 aromatic rings. The van der Waals surface area contributed by atoms with Crippen LogP contribution in [0.2, 0.25) is 0 Å². The monoisotopic (exact) mass is 270 g/mol. The van der Waals surface area contributed by atoms with Gasteiger partial charge in [0, 0.05) is 18.2 Å². The third kappa shape index (κ3) is 3.22. The van der Waals surface area contributed by atoms with Gasteiger partial charge in [-0.1, -0.05) is 24.6 Å². The number of ether oxygens (including phenoxy) is 1. The Morgan fingerprint density at radius 2 is 2.05 bits per heavy atom. The highest BCUT2D eigenvalue weighted by molar-refractivity contribution is 5.36. The van der Waals surface area contributed by atoms with E-state index in [1.807, 2.05) is 19.2 Å². The van der Waals surface area contributed by atoms with Gasteiger partial charge < -0.3 is 10.5 Å². The number of alkyl halides is 2. The summed E-state index contributed by atoms with van der Waals surface area (Å²) in [6.07, 6.45) is 3.51. The Balaban J connectivity index is 2.21. The molecule has 2 N–H and O–H groups in total. The van der Waals surface area contributed by atoms with E-state index in [1.165, 1.54) is 6.42 Å². The first-order chi connectivity index (χ1) is 9.13. The molecule has 1 aliphatic carbocycles. The summed E-state index contributed by atoms with van der Waals surface area (Å²) in [6, 6.07) is 7.31. The van der Waals surface area contributed by atoms with Crippen LogP contribution in [0.5, 0.6) is 5.75 Å². The Hall–Kier alpha value is -1.20. The van der Waals surface area contributed by atoms with Crippen molar-refractivity contribution in [1.82, 2.24) is 4.90 Å². The van der Waals surface area contributed by atoms with E-state index >= 15 is 0 Å². The zero-order valence-corrected chi connectivity index (χ0v) is 11.1.